The fraction of sp³-hybridized carbons (Fsp3) is 0.385. The Morgan fingerprint density at radius 2 is 1.38 bits per heavy atom. The van der Waals surface area contributed by atoms with Gasteiger partial charge in [-0.25, -0.2) is 0 Å². The second-order valence-electron chi connectivity index (χ2n) is 4.20. The zero-order chi connectivity index (χ0) is 8.67. The van der Waals surface area contributed by atoms with E-state index in [4.69, 9.17) is 0 Å². The summed E-state index contributed by atoms with van der Waals surface area (Å²) in [7, 11) is 0. The van der Waals surface area contributed by atoms with Crippen LogP contribution in [0.4, 0.5) is 0 Å². The lowest BCUT2D eigenvalue weighted by atomic mass is 9.97. The van der Waals surface area contributed by atoms with Crippen molar-refractivity contribution in [3.8, 4) is 0 Å². The number of fused-ring (bicyclic) bond motifs is 5. The number of benzene rings is 1. The van der Waals surface area contributed by atoms with E-state index >= 15 is 0 Å². The Morgan fingerprint density at radius 3 is 1.92 bits per heavy atom. The van der Waals surface area contributed by atoms with Crippen LogP contribution in [-0.4, -0.2) is 0 Å². The normalized spacial score (nSPS) is 29.8. The topological polar surface area (TPSA) is 0 Å². The average molecular weight is 170 g/mol. The molecule has 2 aliphatic rings. The summed E-state index contributed by atoms with van der Waals surface area (Å²) in [5.41, 5.74) is 3.24. The molecule has 0 nitrogen and oxygen atoms in total. The molecule has 66 valence electrons. The minimum absolute atomic E-state index is 0.819. The minimum Gasteiger partial charge on any atom is -0.0879 e. The molecule has 0 aliphatic heterocycles. The average Bonchev–Trinajstić information content (AvgIpc) is 2.35. The molecular formula is C13H14. The smallest absolute Gasteiger partial charge is 0.0119 e. The fourth-order valence-electron chi connectivity index (χ4n) is 2.82. The standard InChI is InChI=1S/C13H14/c1-2-6-11-9-10(5-1)12-7-3-4-8-13(11)12/h1-4,7-8,10-11H,5-6,9H2. The highest BCUT2D eigenvalue weighted by Crippen LogP contribution is 2.46. The largest absolute Gasteiger partial charge is 0.0879 e. The van der Waals surface area contributed by atoms with Crippen LogP contribution in [0.15, 0.2) is 36.4 Å². The van der Waals surface area contributed by atoms with Crippen molar-refractivity contribution >= 4 is 0 Å². The summed E-state index contributed by atoms with van der Waals surface area (Å²) in [5, 5.41) is 0. The third-order valence-electron chi connectivity index (χ3n) is 3.45. The van der Waals surface area contributed by atoms with Gasteiger partial charge in [-0.15, -0.1) is 0 Å². The summed E-state index contributed by atoms with van der Waals surface area (Å²) < 4.78 is 0. The van der Waals surface area contributed by atoms with Crippen molar-refractivity contribution in [2.75, 3.05) is 0 Å². The summed E-state index contributed by atoms with van der Waals surface area (Å²) >= 11 is 0. The Balaban J connectivity index is 2.12. The van der Waals surface area contributed by atoms with E-state index in [2.05, 4.69) is 36.4 Å². The third kappa shape index (κ3) is 1.05. The summed E-state index contributed by atoms with van der Waals surface area (Å²) in [6, 6.07) is 9.00. The summed E-state index contributed by atoms with van der Waals surface area (Å²) in [6.45, 7) is 0. The van der Waals surface area contributed by atoms with Crippen molar-refractivity contribution in [2.45, 2.75) is 31.1 Å². The van der Waals surface area contributed by atoms with E-state index < -0.39 is 0 Å². The SMILES string of the molecule is C1=CCC2CC(C1)c1ccccc12. The van der Waals surface area contributed by atoms with Gasteiger partial charge in [0.25, 0.3) is 0 Å². The van der Waals surface area contributed by atoms with Gasteiger partial charge in [0.2, 0.25) is 0 Å². The molecule has 0 N–H and O–H groups in total. The van der Waals surface area contributed by atoms with Crippen LogP contribution in [0.25, 0.3) is 0 Å². The maximum Gasteiger partial charge on any atom is -0.0119 e. The van der Waals surface area contributed by atoms with Crippen LogP contribution in [0.3, 0.4) is 0 Å². The van der Waals surface area contributed by atoms with Crippen molar-refractivity contribution in [3.05, 3.63) is 47.5 Å². The van der Waals surface area contributed by atoms with Crippen LogP contribution >= 0.6 is 0 Å². The Bertz CT molecular complexity index is 316. The van der Waals surface area contributed by atoms with Gasteiger partial charge >= 0.3 is 0 Å². The first-order valence-electron chi connectivity index (χ1n) is 5.19. The first-order chi connectivity index (χ1) is 6.45. The van der Waals surface area contributed by atoms with Gasteiger partial charge < -0.3 is 0 Å². The summed E-state index contributed by atoms with van der Waals surface area (Å²) in [4.78, 5) is 0. The maximum atomic E-state index is 2.36. The van der Waals surface area contributed by atoms with Gasteiger partial charge in [0.05, 0.1) is 0 Å². The molecule has 3 rings (SSSR count). The highest BCUT2D eigenvalue weighted by molar-refractivity contribution is 5.40. The predicted molar refractivity (Wildman–Crippen MR) is 54.9 cm³/mol. The molecule has 13 heavy (non-hydrogen) atoms. The van der Waals surface area contributed by atoms with Gasteiger partial charge in [0.15, 0.2) is 0 Å². The van der Waals surface area contributed by atoms with Gasteiger partial charge in [0.1, 0.15) is 0 Å². The second-order valence-corrected chi connectivity index (χ2v) is 4.20. The van der Waals surface area contributed by atoms with Crippen LogP contribution < -0.4 is 0 Å². The first-order valence-corrected chi connectivity index (χ1v) is 5.19. The summed E-state index contributed by atoms with van der Waals surface area (Å²) in [6.07, 6.45) is 8.62. The lowest BCUT2D eigenvalue weighted by Crippen LogP contribution is -1.91. The molecule has 0 heterocycles. The molecule has 0 heteroatoms. The van der Waals surface area contributed by atoms with E-state index in [0.717, 1.165) is 11.8 Å². The zero-order valence-corrected chi connectivity index (χ0v) is 7.74. The zero-order valence-electron chi connectivity index (χ0n) is 7.74. The van der Waals surface area contributed by atoms with Gasteiger partial charge in [-0.1, -0.05) is 36.4 Å². The molecule has 0 saturated carbocycles. The Hall–Kier alpha value is -1.04. The Morgan fingerprint density at radius 1 is 0.846 bits per heavy atom. The van der Waals surface area contributed by atoms with Crippen LogP contribution in [0.1, 0.15) is 42.2 Å². The molecule has 2 atom stereocenters. The number of hydrogen-bond donors (Lipinski definition) is 0. The Labute approximate surface area is 79.3 Å². The monoisotopic (exact) mass is 170 g/mol. The molecule has 1 aromatic rings. The minimum atomic E-state index is 0.819. The van der Waals surface area contributed by atoms with Crippen LogP contribution in [0.2, 0.25) is 0 Å². The number of allylic oxidation sites excluding steroid dienone is 2. The highest BCUT2D eigenvalue weighted by atomic mass is 14.3. The molecule has 2 bridgehead atoms. The van der Waals surface area contributed by atoms with Crippen molar-refractivity contribution < 1.29 is 0 Å². The Kier molecular flexibility index (Phi) is 1.55. The molecular weight excluding hydrogens is 156 g/mol. The second kappa shape index (κ2) is 2.73. The van der Waals surface area contributed by atoms with Gasteiger partial charge in [-0.05, 0) is 42.2 Å². The first kappa shape index (κ1) is 7.37. The molecule has 2 aliphatic carbocycles. The molecule has 1 aromatic carbocycles. The quantitative estimate of drug-likeness (QED) is 0.522. The fourth-order valence-corrected chi connectivity index (χ4v) is 2.82. The molecule has 0 saturated heterocycles. The van der Waals surface area contributed by atoms with Gasteiger partial charge in [-0.3, -0.25) is 0 Å². The van der Waals surface area contributed by atoms with E-state index in [0.29, 0.717) is 0 Å². The van der Waals surface area contributed by atoms with Gasteiger partial charge in [0, 0.05) is 0 Å². The number of hydrogen-bond acceptors (Lipinski definition) is 0. The molecule has 0 spiro atoms. The highest BCUT2D eigenvalue weighted by Gasteiger charge is 2.30. The van der Waals surface area contributed by atoms with Crippen LogP contribution in [0, 0.1) is 0 Å². The van der Waals surface area contributed by atoms with Crippen molar-refractivity contribution in [1.29, 1.82) is 0 Å². The number of rotatable bonds is 0. The van der Waals surface area contributed by atoms with Crippen molar-refractivity contribution in [1.82, 2.24) is 0 Å². The third-order valence-corrected chi connectivity index (χ3v) is 3.45. The van der Waals surface area contributed by atoms with Crippen LogP contribution in [-0.2, 0) is 0 Å². The van der Waals surface area contributed by atoms with E-state index in [-0.39, 0.29) is 0 Å². The maximum absolute atomic E-state index is 2.36. The summed E-state index contributed by atoms with van der Waals surface area (Å²) in [5.74, 6) is 1.64. The van der Waals surface area contributed by atoms with Gasteiger partial charge in [-0.2, -0.15) is 0 Å². The van der Waals surface area contributed by atoms with E-state index in [1.165, 1.54) is 19.3 Å². The molecule has 2 unspecified atom stereocenters. The predicted octanol–water partition coefficient (Wildman–Crippen LogP) is 3.61. The van der Waals surface area contributed by atoms with Crippen molar-refractivity contribution in [2.24, 2.45) is 0 Å². The molecule has 0 amide bonds. The molecule has 0 fully saturated rings. The van der Waals surface area contributed by atoms with E-state index in [1.54, 1.807) is 11.1 Å². The van der Waals surface area contributed by atoms with E-state index in [9.17, 15) is 0 Å². The molecule has 0 aromatic heterocycles. The lowest BCUT2D eigenvalue weighted by Gasteiger charge is -2.08. The van der Waals surface area contributed by atoms with E-state index in [1.807, 2.05) is 0 Å². The van der Waals surface area contributed by atoms with Crippen molar-refractivity contribution in [3.63, 3.8) is 0 Å². The lowest BCUT2D eigenvalue weighted by molar-refractivity contribution is 0.614. The molecule has 0 radical (unpaired) electrons. The van der Waals surface area contributed by atoms with Crippen LogP contribution in [0.5, 0.6) is 0 Å².